The summed E-state index contributed by atoms with van der Waals surface area (Å²) in [6.07, 6.45) is 1.64. The van der Waals surface area contributed by atoms with Crippen molar-refractivity contribution in [3.05, 3.63) is 35.6 Å². The van der Waals surface area contributed by atoms with Crippen molar-refractivity contribution in [2.45, 2.75) is 38.6 Å². The van der Waals surface area contributed by atoms with E-state index in [1.54, 1.807) is 18.2 Å². The molecule has 0 unspecified atom stereocenters. The largest absolute Gasteiger partial charge is 0.297 e. The second-order valence-electron chi connectivity index (χ2n) is 4.82. The summed E-state index contributed by atoms with van der Waals surface area (Å²) in [5.41, 5.74) is -0.00179. The molecule has 0 aromatic heterocycles. The Bertz CT molecular complexity index is 411. The molecule has 0 aliphatic rings. The quantitative estimate of drug-likeness (QED) is 0.774. The minimum absolute atomic E-state index is 0.0857. The maximum atomic E-state index is 13.6. The van der Waals surface area contributed by atoms with E-state index in [9.17, 15) is 9.18 Å². The summed E-state index contributed by atoms with van der Waals surface area (Å²) in [6.45, 7) is 4.01. The fourth-order valence-electron chi connectivity index (χ4n) is 2.51. The summed E-state index contributed by atoms with van der Waals surface area (Å²) in [4.78, 5) is 14.4. The molecule has 1 rings (SSSR count). The number of benzene rings is 1. The molecule has 18 heavy (non-hydrogen) atoms. The van der Waals surface area contributed by atoms with Crippen LogP contribution < -0.4 is 0 Å². The zero-order valence-corrected chi connectivity index (χ0v) is 11.7. The van der Waals surface area contributed by atoms with Crippen LogP contribution in [0.2, 0.25) is 0 Å². The third-order valence-corrected chi connectivity index (χ3v) is 3.85. The van der Waals surface area contributed by atoms with Gasteiger partial charge in [-0.3, -0.25) is 9.69 Å². The van der Waals surface area contributed by atoms with E-state index in [0.29, 0.717) is 5.56 Å². The zero-order valence-electron chi connectivity index (χ0n) is 11.7. The van der Waals surface area contributed by atoms with E-state index in [1.807, 2.05) is 32.8 Å². The highest BCUT2D eigenvalue weighted by molar-refractivity contribution is 5.90. The Morgan fingerprint density at radius 2 is 1.78 bits per heavy atom. The maximum Gasteiger partial charge on any atom is 0.157 e. The summed E-state index contributed by atoms with van der Waals surface area (Å²) in [6, 6.07) is 6.49. The van der Waals surface area contributed by atoms with Crippen molar-refractivity contribution in [1.29, 1.82) is 0 Å². The minimum Gasteiger partial charge on any atom is -0.297 e. The molecule has 0 radical (unpaired) electrons. The SMILES string of the molecule is CCC(CC)(C(=O)Cc1ccccc1F)N(C)C. The molecule has 0 amide bonds. The van der Waals surface area contributed by atoms with Gasteiger partial charge in [0.2, 0.25) is 0 Å². The van der Waals surface area contributed by atoms with Crippen LogP contribution in [0.4, 0.5) is 4.39 Å². The molecule has 100 valence electrons. The van der Waals surface area contributed by atoms with Crippen LogP contribution in [-0.2, 0) is 11.2 Å². The highest BCUT2D eigenvalue weighted by Gasteiger charge is 2.36. The Hall–Kier alpha value is -1.22. The lowest BCUT2D eigenvalue weighted by molar-refractivity contribution is -0.129. The van der Waals surface area contributed by atoms with Crippen LogP contribution in [0.1, 0.15) is 32.3 Å². The van der Waals surface area contributed by atoms with Crippen molar-refractivity contribution >= 4 is 5.78 Å². The van der Waals surface area contributed by atoms with E-state index >= 15 is 0 Å². The van der Waals surface area contributed by atoms with Crippen molar-refractivity contribution in [2.24, 2.45) is 0 Å². The van der Waals surface area contributed by atoms with Crippen LogP contribution in [0.15, 0.2) is 24.3 Å². The number of likely N-dealkylation sites (N-methyl/N-ethyl adjacent to an activating group) is 1. The van der Waals surface area contributed by atoms with Gasteiger partial charge in [0.05, 0.1) is 5.54 Å². The number of hydrogen-bond donors (Lipinski definition) is 0. The molecule has 0 N–H and O–H groups in total. The van der Waals surface area contributed by atoms with Crippen molar-refractivity contribution in [3.8, 4) is 0 Å². The fraction of sp³-hybridized carbons (Fsp3) is 0.533. The van der Waals surface area contributed by atoms with E-state index in [1.165, 1.54) is 6.07 Å². The number of hydrogen-bond acceptors (Lipinski definition) is 2. The molecule has 0 aliphatic heterocycles. The molecular formula is C15H22FNO. The number of nitrogens with zero attached hydrogens (tertiary/aromatic N) is 1. The molecule has 1 aromatic rings. The lowest BCUT2D eigenvalue weighted by Crippen LogP contribution is -2.51. The highest BCUT2D eigenvalue weighted by Crippen LogP contribution is 2.25. The maximum absolute atomic E-state index is 13.6. The minimum atomic E-state index is -0.484. The van der Waals surface area contributed by atoms with E-state index in [2.05, 4.69) is 0 Å². The van der Waals surface area contributed by atoms with Crippen molar-refractivity contribution in [2.75, 3.05) is 14.1 Å². The smallest absolute Gasteiger partial charge is 0.157 e. The molecule has 0 bridgehead atoms. The molecule has 0 fully saturated rings. The molecule has 0 saturated heterocycles. The van der Waals surface area contributed by atoms with Gasteiger partial charge in [-0.15, -0.1) is 0 Å². The van der Waals surface area contributed by atoms with Gasteiger partial charge in [-0.2, -0.15) is 0 Å². The van der Waals surface area contributed by atoms with Crippen LogP contribution in [-0.4, -0.2) is 30.3 Å². The number of halogens is 1. The van der Waals surface area contributed by atoms with Gasteiger partial charge in [0.1, 0.15) is 5.82 Å². The van der Waals surface area contributed by atoms with Gasteiger partial charge in [-0.25, -0.2) is 4.39 Å². The predicted molar refractivity (Wildman–Crippen MR) is 72.1 cm³/mol. The van der Waals surface area contributed by atoms with Crippen LogP contribution in [0.5, 0.6) is 0 Å². The first-order chi connectivity index (χ1) is 8.47. The first-order valence-electron chi connectivity index (χ1n) is 6.42. The zero-order chi connectivity index (χ0) is 13.8. The lowest BCUT2D eigenvalue weighted by Gasteiger charge is -2.37. The number of carbonyl (C=O) groups excluding carboxylic acids is 1. The summed E-state index contributed by atoms with van der Waals surface area (Å²) in [5.74, 6) is -0.215. The third kappa shape index (κ3) is 2.78. The van der Waals surface area contributed by atoms with Gasteiger partial charge in [0.25, 0.3) is 0 Å². The number of rotatable bonds is 6. The highest BCUT2D eigenvalue weighted by atomic mass is 19.1. The molecule has 3 heteroatoms. The number of carbonyl (C=O) groups is 1. The van der Waals surface area contributed by atoms with Crippen LogP contribution in [0.3, 0.4) is 0 Å². The van der Waals surface area contributed by atoms with E-state index in [-0.39, 0.29) is 18.0 Å². The van der Waals surface area contributed by atoms with Gasteiger partial charge in [-0.05, 0) is 38.6 Å². The summed E-state index contributed by atoms with van der Waals surface area (Å²) >= 11 is 0. The Balaban J connectivity index is 2.96. The van der Waals surface area contributed by atoms with Crippen LogP contribution in [0, 0.1) is 5.82 Å². The topological polar surface area (TPSA) is 20.3 Å². The standard InChI is InChI=1S/C15H22FNO/c1-5-15(6-2,17(3)4)14(18)11-12-9-7-8-10-13(12)16/h7-10H,5-6,11H2,1-4H3. The molecule has 0 spiro atoms. The van der Waals surface area contributed by atoms with Crippen molar-refractivity contribution < 1.29 is 9.18 Å². The number of Topliss-reactive ketones (excluding diaryl/α,β-unsaturated/α-hetero) is 1. The molecule has 0 aliphatic carbocycles. The average molecular weight is 251 g/mol. The Morgan fingerprint density at radius 1 is 1.22 bits per heavy atom. The van der Waals surface area contributed by atoms with E-state index in [0.717, 1.165) is 12.8 Å². The van der Waals surface area contributed by atoms with Crippen molar-refractivity contribution in [3.63, 3.8) is 0 Å². The normalized spacial score (nSPS) is 11.9. The summed E-state index contributed by atoms with van der Waals surface area (Å²) in [5, 5.41) is 0. The van der Waals surface area contributed by atoms with Gasteiger partial charge in [-0.1, -0.05) is 32.0 Å². The molecular weight excluding hydrogens is 229 g/mol. The molecule has 1 aromatic carbocycles. The third-order valence-electron chi connectivity index (χ3n) is 3.85. The van der Waals surface area contributed by atoms with Gasteiger partial charge >= 0.3 is 0 Å². The summed E-state index contributed by atoms with van der Waals surface area (Å²) < 4.78 is 13.6. The second kappa shape index (κ2) is 6.10. The Morgan fingerprint density at radius 3 is 2.22 bits per heavy atom. The van der Waals surface area contributed by atoms with Crippen LogP contribution in [0.25, 0.3) is 0 Å². The second-order valence-corrected chi connectivity index (χ2v) is 4.82. The predicted octanol–water partition coefficient (Wildman–Crippen LogP) is 3.06. The Labute approximate surface area is 109 Å². The van der Waals surface area contributed by atoms with E-state index < -0.39 is 5.54 Å². The molecule has 0 saturated carbocycles. The Kier molecular flexibility index (Phi) is 5.03. The van der Waals surface area contributed by atoms with Gasteiger partial charge in [0.15, 0.2) is 5.78 Å². The fourth-order valence-corrected chi connectivity index (χ4v) is 2.51. The lowest BCUT2D eigenvalue weighted by atomic mass is 9.83. The van der Waals surface area contributed by atoms with Crippen molar-refractivity contribution in [1.82, 2.24) is 4.90 Å². The van der Waals surface area contributed by atoms with Gasteiger partial charge < -0.3 is 0 Å². The average Bonchev–Trinajstić information content (AvgIpc) is 2.34. The first kappa shape index (κ1) is 14.8. The van der Waals surface area contributed by atoms with Gasteiger partial charge in [0, 0.05) is 6.42 Å². The van der Waals surface area contributed by atoms with Crippen LogP contribution >= 0.6 is 0 Å². The molecule has 0 atom stereocenters. The molecule has 2 nitrogen and oxygen atoms in total. The monoisotopic (exact) mass is 251 g/mol. The summed E-state index contributed by atoms with van der Waals surface area (Å²) in [7, 11) is 3.82. The molecule has 0 heterocycles. The van der Waals surface area contributed by atoms with E-state index in [4.69, 9.17) is 0 Å². The first-order valence-corrected chi connectivity index (χ1v) is 6.42. The number of ketones is 1.